The Morgan fingerprint density at radius 2 is 2.08 bits per heavy atom. The summed E-state index contributed by atoms with van der Waals surface area (Å²) >= 11 is 0. The third-order valence-corrected chi connectivity index (χ3v) is 2.49. The van der Waals surface area contributed by atoms with Crippen molar-refractivity contribution >= 4 is 11.6 Å². The van der Waals surface area contributed by atoms with Crippen LogP contribution in [0.3, 0.4) is 0 Å². The monoisotopic (exact) mass is 177 g/mol. The Kier molecular flexibility index (Phi) is 1.40. The summed E-state index contributed by atoms with van der Waals surface area (Å²) in [7, 11) is 0. The fourth-order valence-electron chi connectivity index (χ4n) is 1.56. The second-order valence-electron chi connectivity index (χ2n) is 3.81. The molecule has 0 aromatic heterocycles. The van der Waals surface area contributed by atoms with Crippen LogP contribution in [0.4, 0.5) is 5.69 Å². The first-order chi connectivity index (χ1) is 6.01. The van der Waals surface area contributed by atoms with Gasteiger partial charge >= 0.3 is 0 Å². The van der Waals surface area contributed by atoms with Gasteiger partial charge in [-0.25, -0.2) is 0 Å². The van der Waals surface area contributed by atoms with E-state index in [0.29, 0.717) is 0 Å². The maximum absolute atomic E-state index is 11.5. The highest BCUT2D eigenvalue weighted by Crippen LogP contribution is 2.38. The summed E-state index contributed by atoms with van der Waals surface area (Å²) in [6.07, 6.45) is 0. The van der Waals surface area contributed by atoms with Gasteiger partial charge in [0.1, 0.15) is 5.75 Å². The van der Waals surface area contributed by atoms with Gasteiger partial charge in [-0.05, 0) is 37.6 Å². The van der Waals surface area contributed by atoms with Crippen molar-refractivity contribution in [1.29, 1.82) is 0 Å². The average molecular weight is 177 g/mol. The molecule has 0 aliphatic carbocycles. The summed E-state index contributed by atoms with van der Waals surface area (Å²) in [6, 6.07) is 4.92. The molecular formula is C10H11NO2. The first-order valence-corrected chi connectivity index (χ1v) is 4.17. The number of carbonyl (C=O) groups is 1. The van der Waals surface area contributed by atoms with Gasteiger partial charge in [0.05, 0.1) is 5.41 Å². The van der Waals surface area contributed by atoms with Crippen molar-refractivity contribution < 1.29 is 9.90 Å². The molecule has 1 aromatic rings. The number of aromatic hydroxyl groups is 1. The Morgan fingerprint density at radius 3 is 2.77 bits per heavy atom. The number of carbonyl (C=O) groups excluding carboxylic acids is 1. The first-order valence-electron chi connectivity index (χ1n) is 4.17. The smallest absolute Gasteiger partial charge is 0.234 e. The van der Waals surface area contributed by atoms with Crippen molar-refractivity contribution in [3.63, 3.8) is 0 Å². The van der Waals surface area contributed by atoms with Crippen molar-refractivity contribution in [1.82, 2.24) is 0 Å². The van der Waals surface area contributed by atoms with Gasteiger partial charge in [-0.15, -0.1) is 0 Å². The number of hydrogen-bond acceptors (Lipinski definition) is 2. The molecule has 1 heterocycles. The second kappa shape index (κ2) is 2.25. The Labute approximate surface area is 76.4 Å². The maximum Gasteiger partial charge on any atom is 0.234 e. The van der Waals surface area contributed by atoms with Crippen LogP contribution in [0.1, 0.15) is 19.4 Å². The summed E-state index contributed by atoms with van der Waals surface area (Å²) < 4.78 is 0. The molecule has 2 N–H and O–H groups in total. The van der Waals surface area contributed by atoms with Crippen LogP contribution < -0.4 is 5.32 Å². The molecule has 3 heteroatoms. The number of benzene rings is 1. The second-order valence-corrected chi connectivity index (χ2v) is 3.81. The summed E-state index contributed by atoms with van der Waals surface area (Å²) in [6.45, 7) is 3.68. The minimum absolute atomic E-state index is 0.0203. The highest BCUT2D eigenvalue weighted by atomic mass is 16.3. The zero-order valence-electron chi connectivity index (χ0n) is 7.59. The predicted octanol–water partition coefficient (Wildman–Crippen LogP) is 1.62. The van der Waals surface area contributed by atoms with Gasteiger partial charge in [0.15, 0.2) is 0 Å². The summed E-state index contributed by atoms with van der Waals surface area (Å²) in [4.78, 5) is 11.5. The van der Waals surface area contributed by atoms with Crippen LogP contribution in [0.2, 0.25) is 0 Å². The maximum atomic E-state index is 11.5. The van der Waals surface area contributed by atoms with Crippen molar-refractivity contribution in [2.75, 3.05) is 5.32 Å². The summed E-state index contributed by atoms with van der Waals surface area (Å²) in [5.74, 6) is 0.177. The molecular weight excluding hydrogens is 166 g/mol. The van der Waals surface area contributed by atoms with E-state index in [2.05, 4.69) is 5.32 Å². The van der Waals surface area contributed by atoms with E-state index in [-0.39, 0.29) is 11.7 Å². The van der Waals surface area contributed by atoms with Gasteiger partial charge in [-0.3, -0.25) is 4.79 Å². The third-order valence-electron chi connectivity index (χ3n) is 2.49. The molecule has 1 aromatic carbocycles. The van der Waals surface area contributed by atoms with Gasteiger partial charge in [-0.2, -0.15) is 0 Å². The molecule has 0 fully saturated rings. The molecule has 0 saturated carbocycles. The van der Waals surface area contributed by atoms with Crippen LogP contribution in [0.25, 0.3) is 0 Å². The lowest BCUT2D eigenvalue weighted by atomic mass is 9.86. The summed E-state index contributed by atoms with van der Waals surface area (Å²) in [5, 5.41) is 12.0. The molecule has 1 aliphatic heterocycles. The lowest BCUT2D eigenvalue weighted by Gasteiger charge is -2.14. The molecule has 2 rings (SSSR count). The molecule has 0 bridgehead atoms. The van der Waals surface area contributed by atoms with Crippen LogP contribution in [-0.4, -0.2) is 11.0 Å². The molecule has 13 heavy (non-hydrogen) atoms. The van der Waals surface area contributed by atoms with Gasteiger partial charge in [0.2, 0.25) is 5.91 Å². The number of nitrogens with one attached hydrogen (secondary N) is 1. The Bertz CT molecular complexity index is 383. The highest BCUT2D eigenvalue weighted by molar-refractivity contribution is 6.05. The quantitative estimate of drug-likeness (QED) is 0.591. The molecule has 0 saturated heterocycles. The molecule has 3 nitrogen and oxygen atoms in total. The molecule has 0 unspecified atom stereocenters. The van der Waals surface area contributed by atoms with Gasteiger partial charge in [0.25, 0.3) is 0 Å². The molecule has 1 amide bonds. The zero-order valence-corrected chi connectivity index (χ0v) is 7.59. The van der Waals surface area contributed by atoms with Gasteiger partial charge < -0.3 is 10.4 Å². The predicted molar refractivity (Wildman–Crippen MR) is 49.8 cm³/mol. The Balaban J connectivity index is 2.64. The van der Waals surface area contributed by atoms with Crippen LogP contribution in [0.15, 0.2) is 18.2 Å². The normalized spacial score (nSPS) is 18.2. The fourth-order valence-corrected chi connectivity index (χ4v) is 1.56. The van der Waals surface area contributed by atoms with Crippen LogP contribution >= 0.6 is 0 Å². The van der Waals surface area contributed by atoms with Gasteiger partial charge in [0, 0.05) is 5.69 Å². The van der Waals surface area contributed by atoms with Gasteiger partial charge in [-0.1, -0.05) is 0 Å². The van der Waals surface area contributed by atoms with Crippen molar-refractivity contribution in [3.8, 4) is 5.75 Å². The number of rotatable bonds is 0. The van der Waals surface area contributed by atoms with Crippen LogP contribution in [-0.2, 0) is 10.2 Å². The zero-order chi connectivity index (χ0) is 9.64. The number of phenols is 1. The molecule has 0 radical (unpaired) electrons. The number of anilines is 1. The average Bonchev–Trinajstić information content (AvgIpc) is 2.27. The van der Waals surface area contributed by atoms with E-state index in [1.807, 2.05) is 13.8 Å². The van der Waals surface area contributed by atoms with Crippen LogP contribution in [0.5, 0.6) is 5.75 Å². The number of fused-ring (bicyclic) bond motifs is 1. The Morgan fingerprint density at radius 1 is 1.38 bits per heavy atom. The standard InChI is InChI=1S/C10H11NO2/c1-10(2)7-5-6(12)3-4-8(7)11-9(10)13/h3-5,12H,1-2H3,(H,11,13). The minimum atomic E-state index is -0.534. The van der Waals surface area contributed by atoms with E-state index in [9.17, 15) is 9.90 Å². The molecule has 0 spiro atoms. The number of hydrogen-bond donors (Lipinski definition) is 2. The molecule has 1 aliphatic rings. The number of phenolic OH excluding ortho intramolecular Hbond substituents is 1. The lowest BCUT2D eigenvalue weighted by molar-refractivity contribution is -0.119. The number of amides is 1. The minimum Gasteiger partial charge on any atom is -0.508 e. The van der Waals surface area contributed by atoms with E-state index in [0.717, 1.165) is 11.3 Å². The molecule has 0 atom stereocenters. The van der Waals surface area contributed by atoms with Crippen molar-refractivity contribution in [3.05, 3.63) is 23.8 Å². The van der Waals surface area contributed by atoms with E-state index >= 15 is 0 Å². The Hall–Kier alpha value is -1.51. The molecule has 68 valence electrons. The SMILES string of the molecule is CC1(C)C(=O)Nc2ccc(O)cc21. The van der Waals surface area contributed by atoms with E-state index in [1.54, 1.807) is 18.2 Å². The van der Waals surface area contributed by atoms with Crippen molar-refractivity contribution in [2.45, 2.75) is 19.3 Å². The van der Waals surface area contributed by atoms with E-state index in [4.69, 9.17) is 0 Å². The van der Waals surface area contributed by atoms with E-state index in [1.165, 1.54) is 0 Å². The fraction of sp³-hybridized carbons (Fsp3) is 0.300. The topological polar surface area (TPSA) is 49.3 Å². The largest absolute Gasteiger partial charge is 0.508 e. The third kappa shape index (κ3) is 1.00. The highest BCUT2D eigenvalue weighted by Gasteiger charge is 2.38. The van der Waals surface area contributed by atoms with E-state index < -0.39 is 5.41 Å². The van der Waals surface area contributed by atoms with Crippen molar-refractivity contribution in [2.24, 2.45) is 0 Å². The first kappa shape index (κ1) is 8.10. The van der Waals surface area contributed by atoms with Crippen LogP contribution in [0, 0.1) is 0 Å². The lowest BCUT2D eigenvalue weighted by Crippen LogP contribution is -2.26. The summed E-state index contributed by atoms with van der Waals surface area (Å²) in [5.41, 5.74) is 1.12.